The molecule has 23 heavy (non-hydrogen) atoms. The lowest BCUT2D eigenvalue weighted by molar-refractivity contribution is -0.147. The highest BCUT2D eigenvalue weighted by Gasteiger charge is 2.28. The molecule has 1 heterocycles. The lowest BCUT2D eigenvalue weighted by Gasteiger charge is -2.21. The van der Waals surface area contributed by atoms with Crippen molar-refractivity contribution in [1.29, 1.82) is 0 Å². The number of hydrogen-bond donors (Lipinski definition) is 1. The first-order valence-corrected chi connectivity index (χ1v) is 7.67. The summed E-state index contributed by atoms with van der Waals surface area (Å²) in [6.45, 7) is 4.10. The topological polar surface area (TPSA) is 81.7 Å². The third-order valence-electron chi connectivity index (χ3n) is 3.43. The van der Waals surface area contributed by atoms with Crippen molar-refractivity contribution in [2.45, 2.75) is 32.6 Å². The molecule has 1 fully saturated rings. The van der Waals surface area contributed by atoms with E-state index in [4.69, 9.17) is 9.47 Å². The molecule has 0 radical (unpaired) electrons. The summed E-state index contributed by atoms with van der Waals surface area (Å²) in [6.07, 6.45) is 0.799. The van der Waals surface area contributed by atoms with Crippen LogP contribution in [0.2, 0.25) is 0 Å². The van der Waals surface area contributed by atoms with Gasteiger partial charge >= 0.3 is 5.97 Å². The number of piperidine rings is 1. The van der Waals surface area contributed by atoms with Crippen LogP contribution in [0.3, 0.4) is 0 Å². The second-order valence-corrected chi connectivity index (χ2v) is 5.94. The Morgan fingerprint density at radius 3 is 2.83 bits per heavy atom. The van der Waals surface area contributed by atoms with Crippen molar-refractivity contribution in [2.24, 2.45) is 5.92 Å². The molecule has 1 saturated heterocycles. The van der Waals surface area contributed by atoms with E-state index in [0.29, 0.717) is 25.2 Å². The van der Waals surface area contributed by atoms with Gasteiger partial charge in [-0.25, -0.2) is 4.79 Å². The number of hydrogen-bond acceptors (Lipinski definition) is 5. The molecular weight excluding hydrogens is 298 g/mol. The predicted octanol–water partition coefficient (Wildman–Crippen LogP) is 1.78. The Hall–Kier alpha value is -2.37. The van der Waals surface area contributed by atoms with Crippen LogP contribution in [-0.4, -0.2) is 31.0 Å². The molecule has 2 amide bonds. The first kappa shape index (κ1) is 17.0. The molecule has 0 saturated carbocycles. The third kappa shape index (κ3) is 5.09. The monoisotopic (exact) mass is 319 g/mol. The molecule has 1 unspecified atom stereocenters. The first-order valence-electron chi connectivity index (χ1n) is 7.67. The Kier molecular flexibility index (Phi) is 5.73. The average molecular weight is 319 g/mol. The second-order valence-electron chi connectivity index (χ2n) is 5.94. The van der Waals surface area contributed by atoms with Gasteiger partial charge in [-0.2, -0.15) is 0 Å². The van der Waals surface area contributed by atoms with Crippen LogP contribution in [0, 0.1) is 5.92 Å². The van der Waals surface area contributed by atoms with E-state index in [9.17, 15) is 14.4 Å². The molecular formula is C17H21NO5. The highest BCUT2D eigenvalue weighted by Crippen LogP contribution is 2.27. The number of amides is 2. The zero-order chi connectivity index (χ0) is 16.8. The maximum absolute atomic E-state index is 11.9. The van der Waals surface area contributed by atoms with E-state index in [2.05, 4.69) is 5.32 Å². The Morgan fingerprint density at radius 1 is 1.35 bits per heavy atom. The Balaban J connectivity index is 1.93. The van der Waals surface area contributed by atoms with Crippen molar-refractivity contribution in [3.05, 3.63) is 29.8 Å². The highest BCUT2D eigenvalue weighted by atomic mass is 16.6. The number of nitrogens with one attached hydrogen (secondary N) is 1. The highest BCUT2D eigenvalue weighted by molar-refractivity contribution is 6.00. The molecule has 0 bridgehead atoms. The van der Waals surface area contributed by atoms with Crippen molar-refractivity contribution in [1.82, 2.24) is 5.32 Å². The Bertz CT molecular complexity index is 596. The Morgan fingerprint density at radius 2 is 2.13 bits per heavy atom. The maximum Gasteiger partial charge on any atom is 0.344 e. The van der Waals surface area contributed by atoms with Gasteiger partial charge in [0.25, 0.3) is 0 Å². The quantitative estimate of drug-likeness (QED) is 0.638. The fourth-order valence-electron chi connectivity index (χ4n) is 2.28. The van der Waals surface area contributed by atoms with Gasteiger partial charge in [0.2, 0.25) is 11.8 Å². The molecule has 1 aromatic carbocycles. The molecule has 0 aromatic heterocycles. The zero-order valence-corrected chi connectivity index (χ0v) is 13.3. The van der Waals surface area contributed by atoms with Crippen LogP contribution in [0.1, 0.15) is 38.2 Å². The standard InChI is InChI=1S/C17H21NO5/c1-11(2)9-23-16(20)10-22-13-5-3-4-12(8-13)14-6-7-15(19)18-17(14)21/h3-5,8,11,14H,6-7,9-10H2,1-2H3,(H,18,19,21). The molecule has 1 aliphatic heterocycles. The number of esters is 1. The average Bonchev–Trinajstić information content (AvgIpc) is 2.51. The van der Waals surface area contributed by atoms with Crippen LogP contribution in [0.5, 0.6) is 5.75 Å². The minimum Gasteiger partial charge on any atom is -0.482 e. The molecule has 6 heteroatoms. The van der Waals surface area contributed by atoms with E-state index in [1.807, 2.05) is 19.9 Å². The summed E-state index contributed by atoms with van der Waals surface area (Å²) in [5.41, 5.74) is 0.767. The van der Waals surface area contributed by atoms with E-state index >= 15 is 0 Å². The van der Waals surface area contributed by atoms with Gasteiger partial charge in [-0.1, -0.05) is 26.0 Å². The minimum absolute atomic E-state index is 0.175. The lowest BCUT2D eigenvalue weighted by Crippen LogP contribution is -2.39. The first-order chi connectivity index (χ1) is 11.0. The molecule has 1 aromatic rings. The maximum atomic E-state index is 11.9. The summed E-state index contributed by atoms with van der Waals surface area (Å²) in [7, 11) is 0. The second kappa shape index (κ2) is 7.76. The number of carbonyl (C=O) groups is 3. The third-order valence-corrected chi connectivity index (χ3v) is 3.43. The van der Waals surface area contributed by atoms with Gasteiger partial charge in [0, 0.05) is 6.42 Å². The molecule has 6 nitrogen and oxygen atoms in total. The van der Waals surface area contributed by atoms with Gasteiger partial charge < -0.3 is 9.47 Å². The largest absolute Gasteiger partial charge is 0.482 e. The molecule has 124 valence electrons. The number of carbonyl (C=O) groups excluding carboxylic acids is 3. The number of ether oxygens (including phenoxy) is 2. The summed E-state index contributed by atoms with van der Waals surface area (Å²) < 4.78 is 10.4. The van der Waals surface area contributed by atoms with Crippen LogP contribution in [0.25, 0.3) is 0 Å². The molecule has 0 spiro atoms. The minimum atomic E-state index is -0.426. The summed E-state index contributed by atoms with van der Waals surface area (Å²) in [5, 5.41) is 2.33. The normalized spacial score (nSPS) is 17.8. The van der Waals surface area contributed by atoms with E-state index < -0.39 is 5.97 Å². The van der Waals surface area contributed by atoms with Gasteiger partial charge in [0.1, 0.15) is 5.75 Å². The molecule has 1 aliphatic rings. The van der Waals surface area contributed by atoms with Crippen LogP contribution in [-0.2, 0) is 19.1 Å². The van der Waals surface area contributed by atoms with Crippen molar-refractivity contribution in [3.63, 3.8) is 0 Å². The Labute approximate surface area is 135 Å². The van der Waals surface area contributed by atoms with Gasteiger partial charge in [0.05, 0.1) is 12.5 Å². The molecule has 2 rings (SSSR count). The summed E-state index contributed by atoms with van der Waals surface area (Å²) >= 11 is 0. The molecule has 1 N–H and O–H groups in total. The van der Waals surface area contributed by atoms with Crippen LogP contribution in [0.4, 0.5) is 0 Å². The predicted molar refractivity (Wildman–Crippen MR) is 82.9 cm³/mol. The van der Waals surface area contributed by atoms with Crippen molar-refractivity contribution in [2.75, 3.05) is 13.2 Å². The van der Waals surface area contributed by atoms with E-state index in [1.54, 1.807) is 18.2 Å². The number of rotatable bonds is 6. The van der Waals surface area contributed by atoms with Crippen LogP contribution < -0.4 is 10.1 Å². The van der Waals surface area contributed by atoms with Gasteiger partial charge in [-0.05, 0) is 30.0 Å². The fourth-order valence-corrected chi connectivity index (χ4v) is 2.28. The van der Waals surface area contributed by atoms with Gasteiger partial charge in [-0.15, -0.1) is 0 Å². The SMILES string of the molecule is CC(C)COC(=O)COc1cccc(C2CCC(=O)NC2=O)c1. The zero-order valence-electron chi connectivity index (χ0n) is 13.3. The van der Waals surface area contributed by atoms with E-state index in [0.717, 1.165) is 5.56 Å². The van der Waals surface area contributed by atoms with Crippen molar-refractivity contribution >= 4 is 17.8 Å². The van der Waals surface area contributed by atoms with Crippen LogP contribution >= 0.6 is 0 Å². The summed E-state index contributed by atoms with van der Waals surface area (Å²) in [4.78, 5) is 34.6. The van der Waals surface area contributed by atoms with E-state index in [1.165, 1.54) is 0 Å². The number of benzene rings is 1. The van der Waals surface area contributed by atoms with Gasteiger partial charge in [0.15, 0.2) is 6.61 Å². The lowest BCUT2D eigenvalue weighted by atomic mass is 9.90. The van der Waals surface area contributed by atoms with E-state index in [-0.39, 0.29) is 30.3 Å². The summed E-state index contributed by atoms with van der Waals surface area (Å²) in [6, 6.07) is 7.00. The smallest absolute Gasteiger partial charge is 0.344 e. The van der Waals surface area contributed by atoms with Crippen LogP contribution in [0.15, 0.2) is 24.3 Å². The summed E-state index contributed by atoms with van der Waals surface area (Å²) in [5.74, 6) is -0.570. The fraction of sp³-hybridized carbons (Fsp3) is 0.471. The van der Waals surface area contributed by atoms with Crippen molar-refractivity contribution < 1.29 is 23.9 Å². The molecule has 0 aliphatic carbocycles. The molecule has 1 atom stereocenters. The number of imide groups is 1. The van der Waals surface area contributed by atoms with Gasteiger partial charge in [-0.3, -0.25) is 14.9 Å². The van der Waals surface area contributed by atoms with Crippen molar-refractivity contribution in [3.8, 4) is 5.75 Å².